The smallest absolute Gasteiger partial charge is 0.339 e. The van der Waals surface area contributed by atoms with Crippen molar-refractivity contribution < 1.29 is 19.1 Å². The zero-order valence-corrected chi connectivity index (χ0v) is 26.2. The van der Waals surface area contributed by atoms with Crippen LogP contribution < -0.4 is 0 Å². The first kappa shape index (κ1) is 33.1. The molecular weight excluding hydrogens is 520 g/mol. The second-order valence-corrected chi connectivity index (χ2v) is 11.5. The minimum Gasteiger partial charge on any atom is -0.457 e. The summed E-state index contributed by atoms with van der Waals surface area (Å²) < 4.78 is 11.5. The van der Waals surface area contributed by atoms with Gasteiger partial charge in [-0.05, 0) is 59.1 Å². The molecule has 2 unspecified atom stereocenters. The van der Waals surface area contributed by atoms with Crippen LogP contribution in [0.1, 0.15) is 122 Å². The van der Waals surface area contributed by atoms with E-state index in [4.69, 9.17) is 9.47 Å². The van der Waals surface area contributed by atoms with Gasteiger partial charge in [0.15, 0.2) is 0 Å². The largest absolute Gasteiger partial charge is 0.457 e. The van der Waals surface area contributed by atoms with E-state index in [9.17, 15) is 9.59 Å². The summed E-state index contributed by atoms with van der Waals surface area (Å²) in [6.45, 7) is 9.28. The van der Waals surface area contributed by atoms with Crippen molar-refractivity contribution in [2.24, 2.45) is 11.8 Å². The van der Waals surface area contributed by atoms with E-state index in [1.807, 2.05) is 36.4 Å². The maximum atomic E-state index is 13.2. The first-order valence-electron chi connectivity index (χ1n) is 16.1. The molecule has 0 amide bonds. The van der Waals surface area contributed by atoms with Crippen molar-refractivity contribution in [3.8, 4) is 0 Å². The van der Waals surface area contributed by atoms with Gasteiger partial charge in [-0.15, -0.1) is 0 Å². The third kappa shape index (κ3) is 10.2. The van der Waals surface area contributed by atoms with Crippen molar-refractivity contribution in [1.29, 1.82) is 0 Å². The monoisotopic (exact) mass is 570 g/mol. The molecule has 0 heterocycles. The van der Waals surface area contributed by atoms with E-state index >= 15 is 0 Å². The zero-order valence-electron chi connectivity index (χ0n) is 26.2. The lowest BCUT2D eigenvalue weighted by atomic mass is 9.90. The Bertz CT molecular complexity index is 1150. The Hall–Kier alpha value is -3.40. The Morgan fingerprint density at radius 3 is 1.26 bits per heavy atom. The van der Waals surface area contributed by atoms with Crippen LogP contribution in [0.5, 0.6) is 0 Å². The van der Waals surface area contributed by atoms with Gasteiger partial charge in [-0.3, -0.25) is 0 Å². The number of rotatable bonds is 18. The highest BCUT2D eigenvalue weighted by atomic mass is 16.5. The molecule has 0 aliphatic carbocycles. The minimum atomic E-state index is -0.516. The number of esters is 2. The van der Waals surface area contributed by atoms with Gasteiger partial charge in [0.2, 0.25) is 0 Å². The average molecular weight is 571 g/mol. The number of carbonyl (C=O) groups is 2. The number of carbonyl (C=O) groups excluding carboxylic acids is 2. The molecule has 0 aromatic heterocycles. The molecule has 4 nitrogen and oxygen atoms in total. The van der Waals surface area contributed by atoms with Gasteiger partial charge in [0.1, 0.15) is 13.2 Å². The van der Waals surface area contributed by atoms with Gasteiger partial charge in [0.25, 0.3) is 0 Å². The summed E-state index contributed by atoms with van der Waals surface area (Å²) in [5.41, 5.74) is 4.93. The topological polar surface area (TPSA) is 52.6 Å². The van der Waals surface area contributed by atoms with Crippen molar-refractivity contribution >= 4 is 11.9 Å². The van der Waals surface area contributed by atoms with Gasteiger partial charge in [0.05, 0.1) is 11.1 Å². The highest BCUT2D eigenvalue weighted by Gasteiger charge is 2.21. The van der Waals surface area contributed by atoms with Crippen LogP contribution in [0.15, 0.2) is 72.8 Å². The number of hydrogen-bond acceptors (Lipinski definition) is 4. The lowest BCUT2D eigenvalue weighted by Crippen LogP contribution is -2.15. The molecule has 2 atom stereocenters. The van der Waals surface area contributed by atoms with E-state index in [1.165, 1.54) is 49.7 Å². The predicted octanol–water partition coefficient (Wildman–Crippen LogP) is 9.92. The van der Waals surface area contributed by atoms with Crippen LogP contribution in [0.3, 0.4) is 0 Å². The molecule has 0 spiro atoms. The fourth-order valence-corrected chi connectivity index (χ4v) is 5.58. The fourth-order valence-electron chi connectivity index (χ4n) is 5.58. The normalized spacial score (nSPS) is 12.5. The van der Waals surface area contributed by atoms with Crippen LogP contribution in [0.25, 0.3) is 0 Å². The van der Waals surface area contributed by atoms with Gasteiger partial charge in [-0.25, -0.2) is 9.59 Å². The van der Waals surface area contributed by atoms with Crippen molar-refractivity contribution in [1.82, 2.24) is 0 Å². The Morgan fingerprint density at radius 2 is 0.905 bits per heavy atom. The third-order valence-electron chi connectivity index (χ3n) is 8.42. The van der Waals surface area contributed by atoms with Gasteiger partial charge >= 0.3 is 11.9 Å². The molecule has 3 aromatic carbocycles. The first-order valence-corrected chi connectivity index (χ1v) is 16.1. The summed E-state index contributed by atoms with van der Waals surface area (Å²) in [7, 11) is 0. The van der Waals surface area contributed by atoms with Crippen LogP contribution in [0, 0.1) is 11.8 Å². The van der Waals surface area contributed by atoms with E-state index < -0.39 is 11.9 Å². The summed E-state index contributed by atoms with van der Waals surface area (Å²) in [5, 5.41) is 0. The second kappa shape index (κ2) is 18.2. The lowest BCUT2D eigenvalue weighted by Gasteiger charge is -2.18. The molecule has 0 saturated carbocycles. The molecular formula is C38H50O4. The molecule has 4 heteroatoms. The SMILES string of the molecule is CCCCC(CC)Cc1ccccc1COC(=O)c1ccccc1C(=O)OCc1ccccc1CC(CC)CCCC. The molecule has 0 aliphatic rings. The van der Waals surface area contributed by atoms with Gasteiger partial charge in [-0.1, -0.05) is 140 Å². The maximum absolute atomic E-state index is 13.2. The molecule has 3 aromatic rings. The van der Waals surface area contributed by atoms with Crippen molar-refractivity contribution in [2.75, 3.05) is 0 Å². The van der Waals surface area contributed by atoms with Crippen LogP contribution in [-0.4, -0.2) is 11.9 Å². The Morgan fingerprint density at radius 1 is 0.548 bits per heavy atom. The Labute approximate surface area is 253 Å². The zero-order chi connectivity index (χ0) is 30.2. The number of benzene rings is 3. The van der Waals surface area contributed by atoms with Gasteiger partial charge in [-0.2, -0.15) is 0 Å². The van der Waals surface area contributed by atoms with E-state index in [0.29, 0.717) is 11.8 Å². The first-order chi connectivity index (χ1) is 20.5. The van der Waals surface area contributed by atoms with Crippen molar-refractivity contribution in [3.05, 3.63) is 106 Å². The van der Waals surface area contributed by atoms with E-state index in [2.05, 4.69) is 39.8 Å². The van der Waals surface area contributed by atoms with Crippen molar-refractivity contribution in [2.45, 2.75) is 105 Å². The molecule has 3 rings (SSSR count). The average Bonchev–Trinajstić information content (AvgIpc) is 3.03. The van der Waals surface area contributed by atoms with E-state index in [-0.39, 0.29) is 24.3 Å². The molecule has 0 fully saturated rings. The molecule has 226 valence electrons. The van der Waals surface area contributed by atoms with Crippen molar-refractivity contribution in [3.63, 3.8) is 0 Å². The molecule has 0 bridgehead atoms. The Balaban J connectivity index is 1.66. The molecule has 0 saturated heterocycles. The fraction of sp³-hybridized carbons (Fsp3) is 0.474. The molecule has 42 heavy (non-hydrogen) atoms. The molecule has 0 N–H and O–H groups in total. The van der Waals surface area contributed by atoms with E-state index in [1.54, 1.807) is 24.3 Å². The standard InChI is InChI=1S/C38H50O4/c1-5-9-17-29(7-3)25-31-19-11-13-21-33(31)27-41-37(39)35-23-15-16-24-36(35)38(40)42-28-34-22-14-12-20-32(34)26-30(8-4)18-10-6-2/h11-16,19-24,29-30H,5-10,17-18,25-28H2,1-4H3. The van der Waals surface area contributed by atoms with E-state index in [0.717, 1.165) is 36.8 Å². The van der Waals surface area contributed by atoms with Crippen LogP contribution in [-0.2, 0) is 35.5 Å². The summed E-state index contributed by atoms with van der Waals surface area (Å²) in [5.74, 6) is 0.202. The summed E-state index contributed by atoms with van der Waals surface area (Å²) in [4.78, 5) is 26.4. The number of unbranched alkanes of at least 4 members (excludes halogenated alkanes) is 2. The Kier molecular flexibility index (Phi) is 14.3. The van der Waals surface area contributed by atoms with Crippen LogP contribution in [0.4, 0.5) is 0 Å². The highest BCUT2D eigenvalue weighted by Crippen LogP contribution is 2.24. The minimum absolute atomic E-state index is 0.173. The van der Waals surface area contributed by atoms with Crippen LogP contribution >= 0.6 is 0 Å². The highest BCUT2D eigenvalue weighted by molar-refractivity contribution is 6.03. The molecule has 0 radical (unpaired) electrons. The predicted molar refractivity (Wildman–Crippen MR) is 172 cm³/mol. The number of ether oxygens (including phenoxy) is 2. The van der Waals surface area contributed by atoms with Gasteiger partial charge < -0.3 is 9.47 Å². The summed E-state index contributed by atoms with van der Waals surface area (Å²) in [6, 6.07) is 23.1. The summed E-state index contributed by atoms with van der Waals surface area (Å²) in [6.07, 6.45) is 11.5. The summed E-state index contributed by atoms with van der Waals surface area (Å²) >= 11 is 0. The second-order valence-electron chi connectivity index (χ2n) is 11.5. The quantitative estimate of drug-likeness (QED) is 0.143. The molecule has 0 aliphatic heterocycles. The maximum Gasteiger partial charge on any atom is 0.339 e. The lowest BCUT2D eigenvalue weighted by molar-refractivity contribution is 0.0424. The third-order valence-corrected chi connectivity index (χ3v) is 8.42. The van der Waals surface area contributed by atoms with Crippen LogP contribution in [0.2, 0.25) is 0 Å². The number of hydrogen-bond donors (Lipinski definition) is 0. The van der Waals surface area contributed by atoms with Gasteiger partial charge in [0, 0.05) is 0 Å².